The van der Waals surface area contributed by atoms with Gasteiger partial charge in [0, 0.05) is 23.4 Å². The Morgan fingerprint density at radius 3 is 2.81 bits per heavy atom. The Balaban J connectivity index is 1.47. The second-order valence-corrected chi connectivity index (χ2v) is 7.48. The van der Waals surface area contributed by atoms with E-state index in [-0.39, 0.29) is 17.7 Å². The van der Waals surface area contributed by atoms with Gasteiger partial charge in [-0.05, 0) is 44.3 Å². The molecule has 2 amide bonds. The molecule has 2 aromatic rings. The van der Waals surface area contributed by atoms with Gasteiger partial charge in [0.15, 0.2) is 0 Å². The zero-order valence-electron chi connectivity index (χ0n) is 15.0. The highest BCUT2D eigenvalue weighted by Crippen LogP contribution is 2.18. The molecule has 1 aliphatic heterocycles. The van der Waals surface area contributed by atoms with Gasteiger partial charge in [-0.2, -0.15) is 5.10 Å². The maximum atomic E-state index is 12.4. The average molecular weight is 375 g/mol. The molecule has 2 N–H and O–H groups in total. The zero-order valence-corrected chi connectivity index (χ0v) is 15.8. The van der Waals surface area contributed by atoms with Crippen LogP contribution in [0.15, 0.2) is 29.8 Å². The van der Waals surface area contributed by atoms with Crippen molar-refractivity contribution < 1.29 is 9.59 Å². The monoisotopic (exact) mass is 375 g/mol. The number of carbonyl (C=O) groups excluding carboxylic acids is 2. The fourth-order valence-corrected chi connectivity index (χ4v) is 3.86. The highest BCUT2D eigenvalue weighted by atomic mass is 32.1. The topological polar surface area (TPSA) is 79.3 Å². The number of carbonyl (C=O) groups is 2. The molecule has 0 saturated carbocycles. The molecular weight excluding hydrogens is 350 g/mol. The lowest BCUT2D eigenvalue weighted by atomic mass is 9.96. The molecule has 0 radical (unpaired) electrons. The third-order valence-electron chi connectivity index (χ3n) is 4.55. The number of likely N-dealkylation sites (tertiary alicyclic amines) is 1. The van der Waals surface area contributed by atoms with Crippen molar-refractivity contribution in [2.75, 3.05) is 31.5 Å². The van der Waals surface area contributed by atoms with Crippen LogP contribution in [0.3, 0.4) is 0 Å². The molecule has 3 rings (SSSR count). The normalized spacial score (nSPS) is 15.7. The molecule has 0 atom stereocenters. The van der Waals surface area contributed by atoms with E-state index in [1.54, 1.807) is 22.2 Å². The van der Waals surface area contributed by atoms with Crippen LogP contribution in [0.25, 0.3) is 0 Å². The van der Waals surface area contributed by atoms with Gasteiger partial charge in [-0.3, -0.25) is 14.5 Å². The summed E-state index contributed by atoms with van der Waals surface area (Å²) in [5.74, 6) is 0.866. The fourth-order valence-electron chi connectivity index (χ4n) is 3.17. The van der Waals surface area contributed by atoms with Crippen molar-refractivity contribution in [1.82, 2.24) is 20.0 Å². The number of piperidine rings is 1. The molecule has 0 bridgehead atoms. The maximum Gasteiger partial charge on any atom is 0.239 e. The number of aromatic nitrogens is 2. The van der Waals surface area contributed by atoms with Crippen LogP contribution in [-0.2, 0) is 16.1 Å². The van der Waals surface area contributed by atoms with Crippen molar-refractivity contribution in [1.29, 1.82) is 0 Å². The van der Waals surface area contributed by atoms with Crippen molar-refractivity contribution in [2.24, 2.45) is 5.92 Å². The summed E-state index contributed by atoms with van der Waals surface area (Å²) in [6.07, 6.45) is 3.30. The van der Waals surface area contributed by atoms with E-state index in [4.69, 9.17) is 0 Å². The van der Waals surface area contributed by atoms with Crippen LogP contribution in [0.1, 0.15) is 24.6 Å². The predicted octanol–water partition coefficient (Wildman–Crippen LogP) is 1.78. The largest absolute Gasteiger partial charge is 0.356 e. The number of thiophene rings is 1. The standard InChI is InChI=1S/C18H25N5O2S/c1-2-19-18(25)14-6-9-22(10-7-14)13-17(24)21-16-5-8-20-23(16)12-15-4-3-11-26-15/h3-5,8,11,14H,2,6-7,9-10,12-13H2,1H3,(H,19,25)(H,21,24). The number of rotatable bonds is 7. The molecule has 26 heavy (non-hydrogen) atoms. The Morgan fingerprint density at radius 1 is 1.31 bits per heavy atom. The van der Waals surface area contributed by atoms with Crippen molar-refractivity contribution in [2.45, 2.75) is 26.3 Å². The first kappa shape index (κ1) is 18.6. The van der Waals surface area contributed by atoms with Crippen LogP contribution in [0.5, 0.6) is 0 Å². The summed E-state index contributed by atoms with van der Waals surface area (Å²) in [7, 11) is 0. The van der Waals surface area contributed by atoms with Gasteiger partial charge >= 0.3 is 0 Å². The Labute approximate surface area is 157 Å². The third-order valence-corrected chi connectivity index (χ3v) is 5.41. The number of hydrogen-bond acceptors (Lipinski definition) is 5. The van der Waals surface area contributed by atoms with Crippen LogP contribution in [-0.4, -0.2) is 52.7 Å². The quantitative estimate of drug-likeness (QED) is 0.773. The molecule has 7 nitrogen and oxygen atoms in total. The van der Waals surface area contributed by atoms with E-state index in [1.807, 2.05) is 24.4 Å². The molecule has 2 aromatic heterocycles. The first-order chi connectivity index (χ1) is 12.7. The van der Waals surface area contributed by atoms with E-state index >= 15 is 0 Å². The summed E-state index contributed by atoms with van der Waals surface area (Å²) >= 11 is 1.67. The smallest absolute Gasteiger partial charge is 0.239 e. The number of hydrogen-bond donors (Lipinski definition) is 2. The minimum Gasteiger partial charge on any atom is -0.356 e. The average Bonchev–Trinajstić information content (AvgIpc) is 3.29. The van der Waals surface area contributed by atoms with Crippen LogP contribution in [0.4, 0.5) is 5.82 Å². The lowest BCUT2D eigenvalue weighted by Crippen LogP contribution is -2.43. The second-order valence-electron chi connectivity index (χ2n) is 6.45. The molecule has 3 heterocycles. The Kier molecular flexibility index (Phi) is 6.40. The number of nitrogens with zero attached hydrogens (tertiary/aromatic N) is 3. The van der Waals surface area contributed by atoms with E-state index < -0.39 is 0 Å². The van der Waals surface area contributed by atoms with Crippen LogP contribution in [0.2, 0.25) is 0 Å². The van der Waals surface area contributed by atoms with E-state index in [2.05, 4.69) is 26.7 Å². The highest BCUT2D eigenvalue weighted by Gasteiger charge is 2.25. The summed E-state index contributed by atoms with van der Waals surface area (Å²) < 4.78 is 1.80. The summed E-state index contributed by atoms with van der Waals surface area (Å²) in [6.45, 7) is 5.12. The van der Waals surface area contributed by atoms with Crippen molar-refractivity contribution in [3.8, 4) is 0 Å². The summed E-state index contributed by atoms with van der Waals surface area (Å²) in [5, 5.41) is 12.1. The van der Waals surface area contributed by atoms with Gasteiger partial charge in [0.2, 0.25) is 11.8 Å². The Morgan fingerprint density at radius 2 is 2.12 bits per heavy atom. The molecule has 8 heteroatoms. The number of amides is 2. The molecule has 140 valence electrons. The van der Waals surface area contributed by atoms with Crippen molar-refractivity contribution in [3.63, 3.8) is 0 Å². The Bertz CT molecular complexity index is 720. The van der Waals surface area contributed by atoms with Gasteiger partial charge in [-0.25, -0.2) is 4.68 Å². The third kappa shape index (κ3) is 4.92. The lowest BCUT2D eigenvalue weighted by molar-refractivity contribution is -0.126. The molecule has 1 fully saturated rings. The minimum absolute atomic E-state index is 0.0469. The second kappa shape index (κ2) is 8.95. The zero-order chi connectivity index (χ0) is 18.4. The maximum absolute atomic E-state index is 12.4. The molecule has 0 spiro atoms. The van der Waals surface area contributed by atoms with Crippen LogP contribution < -0.4 is 10.6 Å². The lowest BCUT2D eigenvalue weighted by Gasteiger charge is -2.30. The van der Waals surface area contributed by atoms with E-state index in [0.717, 1.165) is 25.9 Å². The first-order valence-corrected chi connectivity index (χ1v) is 9.87. The molecule has 0 aromatic carbocycles. The molecule has 0 unspecified atom stereocenters. The van der Waals surface area contributed by atoms with Crippen LogP contribution >= 0.6 is 11.3 Å². The molecular formula is C18H25N5O2S. The SMILES string of the molecule is CCNC(=O)C1CCN(CC(=O)Nc2ccnn2Cc2cccs2)CC1. The molecule has 1 aliphatic rings. The van der Waals surface area contributed by atoms with E-state index in [9.17, 15) is 9.59 Å². The van der Waals surface area contributed by atoms with Crippen molar-refractivity contribution in [3.05, 3.63) is 34.7 Å². The van der Waals surface area contributed by atoms with Crippen LogP contribution in [0, 0.1) is 5.92 Å². The summed E-state index contributed by atoms with van der Waals surface area (Å²) in [6, 6.07) is 5.87. The van der Waals surface area contributed by atoms with E-state index in [1.165, 1.54) is 4.88 Å². The number of anilines is 1. The minimum atomic E-state index is -0.0469. The first-order valence-electron chi connectivity index (χ1n) is 9.00. The van der Waals surface area contributed by atoms with Gasteiger partial charge in [-0.15, -0.1) is 11.3 Å². The summed E-state index contributed by atoms with van der Waals surface area (Å²) in [5.41, 5.74) is 0. The van der Waals surface area contributed by atoms with Gasteiger partial charge < -0.3 is 10.6 Å². The van der Waals surface area contributed by atoms with Gasteiger partial charge in [0.1, 0.15) is 5.82 Å². The predicted molar refractivity (Wildman–Crippen MR) is 102 cm³/mol. The fraction of sp³-hybridized carbons (Fsp3) is 0.500. The van der Waals surface area contributed by atoms with E-state index in [0.29, 0.717) is 25.5 Å². The number of nitrogens with one attached hydrogen (secondary N) is 2. The molecule has 0 aliphatic carbocycles. The highest BCUT2D eigenvalue weighted by molar-refractivity contribution is 7.09. The van der Waals surface area contributed by atoms with Crippen molar-refractivity contribution >= 4 is 29.0 Å². The van der Waals surface area contributed by atoms with Gasteiger partial charge in [0.25, 0.3) is 0 Å². The summed E-state index contributed by atoms with van der Waals surface area (Å²) in [4.78, 5) is 27.6. The van der Waals surface area contributed by atoms with Gasteiger partial charge in [0.05, 0.1) is 19.3 Å². The van der Waals surface area contributed by atoms with Gasteiger partial charge in [-0.1, -0.05) is 6.07 Å². The molecule has 1 saturated heterocycles. The Hall–Kier alpha value is -2.19.